The summed E-state index contributed by atoms with van der Waals surface area (Å²) >= 11 is 5.91. The van der Waals surface area contributed by atoms with Crippen LogP contribution in [0.4, 0.5) is 5.95 Å². The highest BCUT2D eigenvalue weighted by Gasteiger charge is 2.09. The van der Waals surface area contributed by atoms with Gasteiger partial charge in [-0.1, -0.05) is 6.92 Å². The number of anilines is 1. The van der Waals surface area contributed by atoms with Crippen LogP contribution in [-0.2, 0) is 0 Å². The number of halogens is 1. The zero-order valence-electron chi connectivity index (χ0n) is 12.4. The molecule has 2 rings (SSSR count). The van der Waals surface area contributed by atoms with Gasteiger partial charge >= 0.3 is 0 Å². The van der Waals surface area contributed by atoms with Crippen molar-refractivity contribution in [2.75, 3.05) is 25.5 Å². The molecule has 9 heteroatoms. The van der Waals surface area contributed by atoms with E-state index in [2.05, 4.69) is 56.1 Å². The van der Waals surface area contributed by atoms with E-state index in [-0.39, 0.29) is 5.28 Å². The van der Waals surface area contributed by atoms with Crippen LogP contribution in [0, 0.1) is 0 Å². The van der Waals surface area contributed by atoms with Gasteiger partial charge in [-0.25, -0.2) is 4.98 Å². The van der Waals surface area contributed by atoms with E-state index >= 15 is 0 Å². The summed E-state index contributed by atoms with van der Waals surface area (Å²) in [6.45, 7) is 5.97. The summed E-state index contributed by atoms with van der Waals surface area (Å²) in [6, 6.07) is 0.541. The number of hydrogen-bond acceptors (Lipinski definition) is 7. The minimum absolute atomic E-state index is 0.119. The van der Waals surface area contributed by atoms with Gasteiger partial charge in [0.1, 0.15) is 12.7 Å². The molecule has 0 spiro atoms. The molecule has 2 heterocycles. The lowest BCUT2D eigenvalue weighted by molar-refractivity contribution is 0.261. The van der Waals surface area contributed by atoms with E-state index in [0.717, 1.165) is 19.5 Å². The van der Waals surface area contributed by atoms with Crippen molar-refractivity contribution in [3.05, 3.63) is 17.9 Å². The first-order chi connectivity index (χ1) is 10.1. The minimum Gasteiger partial charge on any atom is -0.353 e. The third-order valence-electron chi connectivity index (χ3n) is 3.31. The third kappa shape index (κ3) is 4.33. The maximum atomic E-state index is 5.91. The van der Waals surface area contributed by atoms with Crippen LogP contribution in [0.5, 0.6) is 0 Å². The Labute approximate surface area is 128 Å². The van der Waals surface area contributed by atoms with E-state index < -0.39 is 0 Å². The van der Waals surface area contributed by atoms with Crippen molar-refractivity contribution >= 4 is 17.5 Å². The number of hydrogen-bond donors (Lipinski definition) is 1. The van der Waals surface area contributed by atoms with Crippen LogP contribution in [-0.4, -0.2) is 60.8 Å². The second kappa shape index (κ2) is 7.28. The molecule has 1 unspecified atom stereocenters. The van der Waals surface area contributed by atoms with Gasteiger partial charge in [0.2, 0.25) is 11.2 Å². The SMILES string of the molecule is CCC(C)N(C)CCNc1nc(Cl)nc(-n2cncn2)n1. The smallest absolute Gasteiger partial charge is 0.258 e. The van der Waals surface area contributed by atoms with Gasteiger partial charge in [0.15, 0.2) is 0 Å². The summed E-state index contributed by atoms with van der Waals surface area (Å²) in [5.41, 5.74) is 0. The third-order valence-corrected chi connectivity index (χ3v) is 3.48. The molecule has 0 aliphatic rings. The topological polar surface area (TPSA) is 84.6 Å². The number of aromatic nitrogens is 6. The first-order valence-corrected chi connectivity index (χ1v) is 7.18. The lowest BCUT2D eigenvalue weighted by atomic mass is 10.2. The van der Waals surface area contributed by atoms with Gasteiger partial charge in [0, 0.05) is 19.1 Å². The zero-order valence-corrected chi connectivity index (χ0v) is 13.1. The second-order valence-corrected chi connectivity index (χ2v) is 5.07. The molecular weight excluding hydrogens is 292 g/mol. The predicted octanol–water partition coefficient (Wildman–Crippen LogP) is 1.25. The first-order valence-electron chi connectivity index (χ1n) is 6.80. The molecule has 0 radical (unpaired) electrons. The molecule has 0 saturated heterocycles. The predicted molar refractivity (Wildman–Crippen MR) is 80.6 cm³/mol. The van der Waals surface area contributed by atoms with Crippen LogP contribution in [0.2, 0.25) is 5.28 Å². The van der Waals surface area contributed by atoms with Crippen LogP contribution in [0.25, 0.3) is 5.95 Å². The molecule has 0 aliphatic carbocycles. The minimum atomic E-state index is 0.119. The van der Waals surface area contributed by atoms with E-state index in [9.17, 15) is 0 Å². The Bertz CT molecular complexity index is 558. The van der Waals surface area contributed by atoms with Gasteiger partial charge < -0.3 is 10.2 Å². The Morgan fingerprint density at radius 3 is 2.86 bits per heavy atom. The fraction of sp³-hybridized carbons (Fsp3) is 0.583. The molecular formula is C12H19ClN8. The van der Waals surface area contributed by atoms with Crippen molar-refractivity contribution in [2.24, 2.45) is 0 Å². The Hall–Kier alpha value is -1.80. The number of rotatable bonds is 7. The van der Waals surface area contributed by atoms with Crippen molar-refractivity contribution in [2.45, 2.75) is 26.3 Å². The Kier molecular flexibility index (Phi) is 5.40. The van der Waals surface area contributed by atoms with Crippen LogP contribution in [0.3, 0.4) is 0 Å². The molecule has 1 N–H and O–H groups in total. The first kappa shape index (κ1) is 15.6. The Morgan fingerprint density at radius 2 is 2.19 bits per heavy atom. The van der Waals surface area contributed by atoms with Crippen molar-refractivity contribution in [1.82, 2.24) is 34.6 Å². The molecule has 0 saturated carbocycles. The van der Waals surface area contributed by atoms with E-state index in [1.165, 1.54) is 17.3 Å². The van der Waals surface area contributed by atoms with Crippen molar-refractivity contribution < 1.29 is 0 Å². The molecule has 0 amide bonds. The van der Waals surface area contributed by atoms with Crippen LogP contribution in [0.15, 0.2) is 12.7 Å². The van der Waals surface area contributed by atoms with Gasteiger partial charge in [-0.2, -0.15) is 24.7 Å². The zero-order chi connectivity index (χ0) is 15.2. The van der Waals surface area contributed by atoms with Gasteiger partial charge in [-0.15, -0.1) is 0 Å². The normalized spacial score (nSPS) is 12.6. The molecule has 1 atom stereocenters. The Morgan fingerprint density at radius 1 is 1.38 bits per heavy atom. The molecule has 0 aliphatic heterocycles. The molecule has 8 nitrogen and oxygen atoms in total. The summed E-state index contributed by atoms with van der Waals surface area (Å²) in [5.74, 6) is 0.767. The highest BCUT2D eigenvalue weighted by atomic mass is 35.5. The van der Waals surface area contributed by atoms with Crippen LogP contribution >= 0.6 is 11.6 Å². The van der Waals surface area contributed by atoms with Gasteiger partial charge in [0.05, 0.1) is 0 Å². The molecule has 114 valence electrons. The van der Waals surface area contributed by atoms with Crippen LogP contribution < -0.4 is 5.32 Å². The van der Waals surface area contributed by atoms with Crippen molar-refractivity contribution in [3.8, 4) is 5.95 Å². The molecule has 2 aromatic heterocycles. The molecule has 0 fully saturated rings. The van der Waals surface area contributed by atoms with Gasteiger partial charge in [-0.05, 0) is 32.0 Å². The number of nitrogens with zero attached hydrogens (tertiary/aromatic N) is 7. The summed E-state index contributed by atoms with van der Waals surface area (Å²) in [5, 5.41) is 7.24. The number of nitrogens with one attached hydrogen (secondary N) is 1. The average Bonchev–Trinajstić information content (AvgIpc) is 3.00. The standard InChI is InChI=1S/C12H19ClN8/c1-4-9(2)20(3)6-5-15-11-17-10(13)18-12(19-11)21-8-14-7-16-21/h7-9H,4-6H2,1-3H3,(H,15,17,18,19). The summed E-state index contributed by atoms with van der Waals surface area (Å²) in [4.78, 5) is 18.5. The highest BCUT2D eigenvalue weighted by molar-refractivity contribution is 6.28. The molecule has 2 aromatic rings. The van der Waals surface area contributed by atoms with Crippen molar-refractivity contribution in [1.29, 1.82) is 0 Å². The summed E-state index contributed by atoms with van der Waals surface area (Å²) in [7, 11) is 2.09. The Balaban J connectivity index is 1.98. The van der Waals surface area contributed by atoms with E-state index in [1.54, 1.807) is 0 Å². The van der Waals surface area contributed by atoms with E-state index in [0.29, 0.717) is 17.9 Å². The highest BCUT2D eigenvalue weighted by Crippen LogP contribution is 2.08. The fourth-order valence-corrected chi connectivity index (χ4v) is 1.86. The lowest BCUT2D eigenvalue weighted by Gasteiger charge is -2.23. The van der Waals surface area contributed by atoms with Crippen LogP contribution in [0.1, 0.15) is 20.3 Å². The fourth-order valence-electron chi connectivity index (χ4n) is 1.71. The molecule has 0 aromatic carbocycles. The van der Waals surface area contributed by atoms with Crippen molar-refractivity contribution in [3.63, 3.8) is 0 Å². The maximum absolute atomic E-state index is 5.91. The number of likely N-dealkylation sites (N-methyl/N-ethyl adjacent to an activating group) is 1. The maximum Gasteiger partial charge on any atom is 0.258 e. The lowest BCUT2D eigenvalue weighted by Crippen LogP contribution is -2.33. The molecule has 21 heavy (non-hydrogen) atoms. The largest absolute Gasteiger partial charge is 0.353 e. The average molecular weight is 311 g/mol. The monoisotopic (exact) mass is 310 g/mol. The van der Waals surface area contributed by atoms with E-state index in [4.69, 9.17) is 11.6 Å². The molecule has 0 bridgehead atoms. The summed E-state index contributed by atoms with van der Waals surface area (Å²) < 4.78 is 1.43. The second-order valence-electron chi connectivity index (χ2n) is 4.73. The summed E-state index contributed by atoms with van der Waals surface area (Å²) in [6.07, 6.45) is 4.03. The van der Waals surface area contributed by atoms with E-state index in [1.807, 2.05) is 0 Å². The quantitative estimate of drug-likeness (QED) is 0.823. The van der Waals surface area contributed by atoms with Gasteiger partial charge in [0.25, 0.3) is 5.95 Å². The van der Waals surface area contributed by atoms with Gasteiger partial charge in [-0.3, -0.25) is 0 Å².